The van der Waals surface area contributed by atoms with Crippen molar-refractivity contribution in [1.82, 2.24) is 14.8 Å². The van der Waals surface area contributed by atoms with E-state index in [0.29, 0.717) is 22.1 Å². The van der Waals surface area contributed by atoms with Crippen molar-refractivity contribution in [2.24, 2.45) is 7.05 Å². The Labute approximate surface area is 175 Å². The van der Waals surface area contributed by atoms with Crippen molar-refractivity contribution in [3.05, 3.63) is 69.8 Å². The number of hydrogen-bond acceptors (Lipinski definition) is 5. The smallest absolute Gasteiger partial charge is 0.276 e. The van der Waals surface area contributed by atoms with Crippen LogP contribution in [0.3, 0.4) is 0 Å². The van der Waals surface area contributed by atoms with Crippen molar-refractivity contribution in [2.45, 2.75) is 6.92 Å². The lowest BCUT2D eigenvalue weighted by atomic mass is 10.2. The number of amides is 2. The summed E-state index contributed by atoms with van der Waals surface area (Å²) in [6.07, 6.45) is 0. The SMILES string of the molecule is Cc1nc2ccc(NC(=O)c3cc(NC(=O)c4ccccc4Cl)n(C)n3)cc2s1. The summed E-state index contributed by atoms with van der Waals surface area (Å²) < 4.78 is 2.42. The maximum Gasteiger partial charge on any atom is 0.276 e. The number of carbonyl (C=O) groups excluding carboxylic acids is 2. The topological polar surface area (TPSA) is 88.9 Å². The molecule has 2 N–H and O–H groups in total. The second-order valence-electron chi connectivity index (χ2n) is 6.34. The van der Waals surface area contributed by atoms with E-state index in [2.05, 4.69) is 20.7 Å². The zero-order chi connectivity index (χ0) is 20.5. The third-order valence-corrected chi connectivity index (χ3v) is 5.49. The van der Waals surface area contributed by atoms with Gasteiger partial charge in [-0.1, -0.05) is 23.7 Å². The molecule has 0 radical (unpaired) electrons. The fourth-order valence-electron chi connectivity index (χ4n) is 2.84. The molecule has 0 aliphatic carbocycles. The normalized spacial score (nSPS) is 10.9. The Morgan fingerprint density at radius 2 is 1.86 bits per heavy atom. The molecule has 0 fully saturated rings. The van der Waals surface area contributed by atoms with Gasteiger partial charge in [-0.05, 0) is 37.3 Å². The van der Waals surface area contributed by atoms with Crippen LogP contribution >= 0.6 is 22.9 Å². The summed E-state index contributed by atoms with van der Waals surface area (Å²) in [5, 5.41) is 11.0. The number of aromatic nitrogens is 3. The molecule has 2 heterocycles. The third-order valence-electron chi connectivity index (χ3n) is 4.23. The predicted molar refractivity (Wildman–Crippen MR) is 115 cm³/mol. The highest BCUT2D eigenvalue weighted by molar-refractivity contribution is 7.18. The highest BCUT2D eigenvalue weighted by atomic mass is 35.5. The molecule has 0 atom stereocenters. The summed E-state index contributed by atoms with van der Waals surface area (Å²) in [6, 6.07) is 13.8. The van der Waals surface area contributed by atoms with Gasteiger partial charge in [-0.3, -0.25) is 14.3 Å². The quantitative estimate of drug-likeness (QED) is 0.504. The first kappa shape index (κ1) is 19.1. The van der Waals surface area contributed by atoms with Crippen LogP contribution in [-0.2, 0) is 7.05 Å². The van der Waals surface area contributed by atoms with Crippen molar-refractivity contribution >= 4 is 56.5 Å². The van der Waals surface area contributed by atoms with E-state index in [1.807, 2.05) is 19.1 Å². The third kappa shape index (κ3) is 3.98. The first-order valence-electron chi connectivity index (χ1n) is 8.69. The van der Waals surface area contributed by atoms with Gasteiger partial charge in [0.25, 0.3) is 11.8 Å². The Kier molecular flexibility index (Phi) is 5.04. The number of halogens is 1. The average Bonchev–Trinajstić information content (AvgIpc) is 3.23. The largest absolute Gasteiger partial charge is 0.321 e. The van der Waals surface area contributed by atoms with Gasteiger partial charge in [0.1, 0.15) is 5.82 Å². The molecule has 4 rings (SSSR count). The van der Waals surface area contributed by atoms with Crippen LogP contribution in [-0.4, -0.2) is 26.6 Å². The molecule has 9 heteroatoms. The Morgan fingerprint density at radius 1 is 1.07 bits per heavy atom. The lowest BCUT2D eigenvalue weighted by Gasteiger charge is -2.06. The standard InChI is InChI=1S/C20H16ClN5O2S/c1-11-22-15-8-7-12(9-17(15)29-11)23-20(28)16-10-18(26(2)25-16)24-19(27)13-5-3-4-6-14(13)21/h3-10H,1-2H3,(H,23,28)(H,24,27). The van der Waals surface area contributed by atoms with Gasteiger partial charge in [0.2, 0.25) is 0 Å². The maximum atomic E-state index is 12.6. The first-order valence-corrected chi connectivity index (χ1v) is 9.88. The molecule has 0 aliphatic heterocycles. The molecule has 29 heavy (non-hydrogen) atoms. The molecule has 0 bridgehead atoms. The van der Waals surface area contributed by atoms with Gasteiger partial charge >= 0.3 is 0 Å². The number of hydrogen-bond donors (Lipinski definition) is 2. The van der Waals surface area contributed by atoms with Crippen LogP contribution in [0.2, 0.25) is 5.02 Å². The molecule has 0 unspecified atom stereocenters. The highest BCUT2D eigenvalue weighted by Gasteiger charge is 2.17. The van der Waals surface area contributed by atoms with Crippen LogP contribution in [0.1, 0.15) is 25.9 Å². The lowest BCUT2D eigenvalue weighted by Crippen LogP contribution is -2.14. The number of carbonyl (C=O) groups is 2. The van der Waals surface area contributed by atoms with Gasteiger partial charge in [-0.15, -0.1) is 11.3 Å². The van der Waals surface area contributed by atoms with E-state index in [9.17, 15) is 9.59 Å². The Morgan fingerprint density at radius 3 is 2.66 bits per heavy atom. The van der Waals surface area contributed by atoms with Crippen LogP contribution in [0, 0.1) is 6.92 Å². The molecular weight excluding hydrogens is 410 g/mol. The van der Waals surface area contributed by atoms with Crippen molar-refractivity contribution < 1.29 is 9.59 Å². The Hall–Kier alpha value is -3.23. The van der Waals surface area contributed by atoms with E-state index in [4.69, 9.17) is 11.6 Å². The van der Waals surface area contributed by atoms with Crippen molar-refractivity contribution in [1.29, 1.82) is 0 Å². The summed E-state index contributed by atoms with van der Waals surface area (Å²) in [4.78, 5) is 29.4. The molecule has 0 saturated carbocycles. The fraction of sp³-hybridized carbons (Fsp3) is 0.100. The Balaban J connectivity index is 1.51. The van der Waals surface area contributed by atoms with Crippen LogP contribution < -0.4 is 10.6 Å². The van der Waals surface area contributed by atoms with Gasteiger partial charge in [-0.25, -0.2) is 4.98 Å². The lowest BCUT2D eigenvalue weighted by molar-refractivity contribution is 0.101. The molecule has 2 aromatic heterocycles. The molecule has 146 valence electrons. The minimum atomic E-state index is -0.378. The molecule has 2 aromatic carbocycles. The van der Waals surface area contributed by atoms with Gasteiger partial charge in [0, 0.05) is 18.8 Å². The monoisotopic (exact) mass is 425 g/mol. The number of nitrogens with zero attached hydrogens (tertiary/aromatic N) is 3. The van der Waals surface area contributed by atoms with E-state index in [0.717, 1.165) is 15.2 Å². The fourth-order valence-corrected chi connectivity index (χ4v) is 3.92. The van der Waals surface area contributed by atoms with Gasteiger partial charge in [0.05, 0.1) is 25.8 Å². The van der Waals surface area contributed by atoms with E-state index in [-0.39, 0.29) is 17.5 Å². The van der Waals surface area contributed by atoms with Crippen LogP contribution in [0.15, 0.2) is 48.5 Å². The zero-order valence-electron chi connectivity index (χ0n) is 15.6. The van der Waals surface area contributed by atoms with Crippen molar-refractivity contribution in [3.63, 3.8) is 0 Å². The molecule has 2 amide bonds. The summed E-state index contributed by atoms with van der Waals surface area (Å²) in [5.41, 5.74) is 2.07. The minimum absolute atomic E-state index is 0.183. The molecule has 0 saturated heterocycles. The highest BCUT2D eigenvalue weighted by Crippen LogP contribution is 2.25. The second-order valence-corrected chi connectivity index (χ2v) is 7.98. The number of thiazole rings is 1. The van der Waals surface area contributed by atoms with E-state index < -0.39 is 0 Å². The molecular formula is C20H16ClN5O2S. The van der Waals surface area contributed by atoms with Crippen LogP contribution in [0.4, 0.5) is 11.5 Å². The molecule has 7 nitrogen and oxygen atoms in total. The minimum Gasteiger partial charge on any atom is -0.321 e. The maximum absolute atomic E-state index is 12.6. The van der Waals surface area contributed by atoms with Crippen molar-refractivity contribution in [3.8, 4) is 0 Å². The van der Waals surface area contributed by atoms with E-state index in [1.54, 1.807) is 48.7 Å². The number of rotatable bonds is 4. The Bertz CT molecular complexity index is 1250. The summed E-state index contributed by atoms with van der Waals surface area (Å²) in [5.74, 6) is -0.371. The summed E-state index contributed by atoms with van der Waals surface area (Å²) >= 11 is 7.62. The second kappa shape index (κ2) is 7.65. The van der Waals surface area contributed by atoms with Crippen LogP contribution in [0.25, 0.3) is 10.2 Å². The zero-order valence-corrected chi connectivity index (χ0v) is 17.1. The number of aryl methyl sites for hydroxylation is 2. The average molecular weight is 426 g/mol. The number of anilines is 2. The number of fused-ring (bicyclic) bond motifs is 1. The van der Waals surface area contributed by atoms with Gasteiger partial charge in [-0.2, -0.15) is 5.10 Å². The summed E-state index contributed by atoms with van der Waals surface area (Å²) in [6.45, 7) is 1.94. The van der Waals surface area contributed by atoms with E-state index in [1.165, 1.54) is 10.7 Å². The van der Waals surface area contributed by atoms with Crippen molar-refractivity contribution in [2.75, 3.05) is 10.6 Å². The molecule has 0 aliphatic rings. The van der Waals surface area contributed by atoms with E-state index >= 15 is 0 Å². The van der Waals surface area contributed by atoms with Crippen LogP contribution in [0.5, 0.6) is 0 Å². The number of nitrogens with one attached hydrogen (secondary N) is 2. The van der Waals surface area contributed by atoms with Gasteiger partial charge < -0.3 is 10.6 Å². The predicted octanol–water partition coefficient (Wildman–Crippen LogP) is 4.50. The molecule has 4 aromatic rings. The summed E-state index contributed by atoms with van der Waals surface area (Å²) in [7, 11) is 1.64. The first-order chi connectivity index (χ1) is 13.9. The number of benzene rings is 2. The molecule has 0 spiro atoms. The van der Waals surface area contributed by atoms with Gasteiger partial charge in [0.15, 0.2) is 5.69 Å².